The van der Waals surface area contributed by atoms with E-state index < -0.39 is 0 Å². The number of aromatic amines is 1. The molecule has 0 radical (unpaired) electrons. The van der Waals surface area contributed by atoms with Crippen LogP contribution in [0.3, 0.4) is 0 Å². The number of aromatic nitrogens is 2. The number of nitrogens with one attached hydrogen (secondary N) is 1. The highest BCUT2D eigenvalue weighted by molar-refractivity contribution is 5.77. The molecule has 0 aromatic carbocycles. The van der Waals surface area contributed by atoms with Crippen LogP contribution in [0.1, 0.15) is 42.9 Å². The fraction of sp³-hybridized carbons (Fsp3) is 0.462. The Kier molecular flexibility index (Phi) is 2.01. The summed E-state index contributed by atoms with van der Waals surface area (Å²) in [6, 6.07) is 4.49. The van der Waals surface area contributed by atoms with E-state index >= 15 is 0 Å². The molecule has 0 bridgehead atoms. The van der Waals surface area contributed by atoms with Gasteiger partial charge in [0.1, 0.15) is 5.65 Å². The Labute approximate surface area is 89.7 Å². The number of hydrogen-bond acceptors (Lipinski definition) is 1. The molecule has 2 nitrogen and oxygen atoms in total. The first-order valence-electron chi connectivity index (χ1n) is 5.78. The largest absolute Gasteiger partial charge is 0.344 e. The third kappa shape index (κ3) is 1.54. The van der Waals surface area contributed by atoms with Crippen LogP contribution in [0.15, 0.2) is 18.3 Å². The van der Waals surface area contributed by atoms with E-state index in [0.29, 0.717) is 0 Å². The zero-order chi connectivity index (χ0) is 10.3. The first-order valence-corrected chi connectivity index (χ1v) is 5.78. The maximum Gasteiger partial charge on any atom is 0.137 e. The summed E-state index contributed by atoms with van der Waals surface area (Å²) in [5.74, 6) is 0.761. The molecule has 0 spiro atoms. The van der Waals surface area contributed by atoms with E-state index in [0.717, 1.165) is 11.6 Å². The molecule has 0 saturated heterocycles. The van der Waals surface area contributed by atoms with Gasteiger partial charge in [0, 0.05) is 17.3 Å². The molecule has 15 heavy (non-hydrogen) atoms. The van der Waals surface area contributed by atoms with Crippen LogP contribution in [0.4, 0.5) is 0 Å². The average Bonchev–Trinajstić information content (AvgIpc) is 2.82. The number of rotatable bonds is 1. The van der Waals surface area contributed by atoms with E-state index in [4.69, 9.17) is 0 Å². The van der Waals surface area contributed by atoms with Gasteiger partial charge in [0.2, 0.25) is 0 Å². The summed E-state index contributed by atoms with van der Waals surface area (Å²) in [4.78, 5) is 7.76. The summed E-state index contributed by atoms with van der Waals surface area (Å²) in [5.41, 5.74) is 3.65. The average molecular weight is 200 g/mol. The van der Waals surface area contributed by atoms with E-state index in [1.807, 2.05) is 6.20 Å². The lowest BCUT2D eigenvalue weighted by atomic mass is 9.99. The number of H-pyrrole nitrogens is 1. The van der Waals surface area contributed by atoms with E-state index in [-0.39, 0.29) is 0 Å². The Hall–Kier alpha value is -1.31. The van der Waals surface area contributed by atoms with Crippen molar-refractivity contribution in [1.82, 2.24) is 9.97 Å². The summed E-state index contributed by atoms with van der Waals surface area (Å²) in [6.45, 7) is 2.08. The highest BCUT2D eigenvalue weighted by Crippen LogP contribution is 2.34. The molecule has 0 unspecified atom stereocenters. The lowest BCUT2D eigenvalue weighted by molar-refractivity contribution is 0.721. The van der Waals surface area contributed by atoms with Gasteiger partial charge in [0.15, 0.2) is 0 Å². The molecule has 78 valence electrons. The fourth-order valence-corrected chi connectivity index (χ4v) is 2.65. The third-order valence-corrected chi connectivity index (χ3v) is 3.45. The van der Waals surface area contributed by atoms with Crippen molar-refractivity contribution in [3.63, 3.8) is 0 Å². The van der Waals surface area contributed by atoms with Crippen LogP contribution in [-0.2, 0) is 0 Å². The van der Waals surface area contributed by atoms with E-state index in [1.54, 1.807) is 0 Å². The molecule has 1 aliphatic rings. The maximum absolute atomic E-state index is 4.49. The smallest absolute Gasteiger partial charge is 0.137 e. The first-order chi connectivity index (χ1) is 7.33. The topological polar surface area (TPSA) is 28.7 Å². The first kappa shape index (κ1) is 8.96. The Bertz CT molecular complexity index is 478. The lowest BCUT2D eigenvalue weighted by Gasteiger charge is -2.08. The number of aryl methyl sites for hydroxylation is 1. The van der Waals surface area contributed by atoms with Crippen molar-refractivity contribution >= 4 is 11.0 Å². The zero-order valence-electron chi connectivity index (χ0n) is 9.09. The number of pyridine rings is 1. The third-order valence-electron chi connectivity index (χ3n) is 3.45. The molecular weight excluding hydrogens is 184 g/mol. The highest BCUT2D eigenvalue weighted by Gasteiger charge is 2.17. The quantitative estimate of drug-likeness (QED) is 0.749. The van der Waals surface area contributed by atoms with Crippen LogP contribution < -0.4 is 0 Å². The van der Waals surface area contributed by atoms with Crippen LogP contribution in [0.2, 0.25) is 0 Å². The van der Waals surface area contributed by atoms with Gasteiger partial charge in [-0.25, -0.2) is 4.98 Å². The van der Waals surface area contributed by atoms with Crippen LogP contribution in [0.5, 0.6) is 0 Å². The standard InChI is InChI=1S/C13H16N2/c1-9-6-11-7-12(8-14-13(11)15-9)10-4-2-3-5-10/h6-8,10H,2-5H2,1H3,(H,14,15). The second-order valence-corrected chi connectivity index (χ2v) is 4.64. The molecule has 0 amide bonds. The lowest BCUT2D eigenvalue weighted by Crippen LogP contribution is -1.92. The maximum atomic E-state index is 4.49. The number of fused-ring (bicyclic) bond motifs is 1. The molecule has 1 aliphatic carbocycles. The second-order valence-electron chi connectivity index (χ2n) is 4.64. The summed E-state index contributed by atoms with van der Waals surface area (Å²) < 4.78 is 0. The van der Waals surface area contributed by atoms with E-state index in [9.17, 15) is 0 Å². The van der Waals surface area contributed by atoms with Crippen LogP contribution in [0.25, 0.3) is 11.0 Å². The van der Waals surface area contributed by atoms with Gasteiger partial charge in [-0.15, -0.1) is 0 Å². The number of nitrogens with zero attached hydrogens (tertiary/aromatic N) is 1. The Morgan fingerprint density at radius 1 is 1.27 bits per heavy atom. The molecule has 0 atom stereocenters. The Morgan fingerprint density at radius 3 is 2.87 bits per heavy atom. The SMILES string of the molecule is Cc1cc2cc(C3CCCC3)cnc2[nH]1. The minimum absolute atomic E-state index is 0.761. The molecule has 3 rings (SSSR count). The molecule has 2 aromatic heterocycles. The number of hydrogen-bond donors (Lipinski definition) is 1. The molecule has 2 heterocycles. The normalized spacial score (nSPS) is 17.7. The Balaban J connectivity index is 2.04. The van der Waals surface area contributed by atoms with Crippen molar-refractivity contribution in [3.05, 3.63) is 29.6 Å². The second kappa shape index (κ2) is 3.37. The predicted molar refractivity (Wildman–Crippen MR) is 62.0 cm³/mol. The molecule has 1 fully saturated rings. The molecule has 1 saturated carbocycles. The summed E-state index contributed by atoms with van der Waals surface area (Å²) in [5, 5.41) is 1.26. The molecule has 2 heteroatoms. The minimum Gasteiger partial charge on any atom is -0.344 e. The van der Waals surface area contributed by atoms with Gasteiger partial charge in [-0.2, -0.15) is 0 Å². The highest BCUT2D eigenvalue weighted by atomic mass is 14.8. The predicted octanol–water partition coefficient (Wildman–Crippen LogP) is 3.53. The summed E-state index contributed by atoms with van der Waals surface area (Å²) >= 11 is 0. The monoisotopic (exact) mass is 200 g/mol. The van der Waals surface area contributed by atoms with Gasteiger partial charge >= 0.3 is 0 Å². The zero-order valence-corrected chi connectivity index (χ0v) is 9.09. The van der Waals surface area contributed by atoms with Crippen molar-refractivity contribution in [2.75, 3.05) is 0 Å². The van der Waals surface area contributed by atoms with Gasteiger partial charge in [-0.3, -0.25) is 0 Å². The molecule has 0 aliphatic heterocycles. The van der Waals surface area contributed by atoms with Gasteiger partial charge in [-0.05, 0) is 43.4 Å². The van der Waals surface area contributed by atoms with Crippen molar-refractivity contribution in [3.8, 4) is 0 Å². The van der Waals surface area contributed by atoms with Crippen molar-refractivity contribution < 1.29 is 0 Å². The van der Waals surface area contributed by atoms with Crippen molar-refractivity contribution in [1.29, 1.82) is 0 Å². The fourth-order valence-electron chi connectivity index (χ4n) is 2.65. The van der Waals surface area contributed by atoms with Gasteiger partial charge in [0.25, 0.3) is 0 Å². The molecular formula is C13H16N2. The Morgan fingerprint density at radius 2 is 2.07 bits per heavy atom. The summed E-state index contributed by atoms with van der Waals surface area (Å²) in [6.07, 6.45) is 7.51. The molecule has 1 N–H and O–H groups in total. The van der Waals surface area contributed by atoms with Gasteiger partial charge < -0.3 is 4.98 Å². The summed E-state index contributed by atoms with van der Waals surface area (Å²) in [7, 11) is 0. The van der Waals surface area contributed by atoms with E-state index in [1.165, 1.54) is 42.3 Å². The van der Waals surface area contributed by atoms with Gasteiger partial charge in [-0.1, -0.05) is 12.8 Å². The minimum atomic E-state index is 0.761. The van der Waals surface area contributed by atoms with Crippen LogP contribution in [-0.4, -0.2) is 9.97 Å². The molecule has 2 aromatic rings. The van der Waals surface area contributed by atoms with E-state index in [2.05, 4.69) is 29.0 Å². The van der Waals surface area contributed by atoms with Crippen molar-refractivity contribution in [2.24, 2.45) is 0 Å². The van der Waals surface area contributed by atoms with Crippen LogP contribution in [0, 0.1) is 6.92 Å². The van der Waals surface area contributed by atoms with Crippen LogP contribution >= 0.6 is 0 Å². The van der Waals surface area contributed by atoms with Crippen molar-refractivity contribution in [2.45, 2.75) is 38.5 Å². The van der Waals surface area contributed by atoms with Gasteiger partial charge in [0.05, 0.1) is 0 Å².